The van der Waals surface area contributed by atoms with Crippen LogP contribution in [0.1, 0.15) is 17.5 Å². The highest BCUT2D eigenvalue weighted by molar-refractivity contribution is 8.00. The molecule has 2 aromatic carbocycles. The number of carbonyl (C=O) groups is 1. The van der Waals surface area contributed by atoms with Gasteiger partial charge in [-0.3, -0.25) is 9.78 Å². The van der Waals surface area contributed by atoms with Gasteiger partial charge in [0.25, 0.3) is 0 Å². The highest BCUT2D eigenvalue weighted by atomic mass is 32.2. The van der Waals surface area contributed by atoms with E-state index in [1.165, 1.54) is 11.1 Å². The lowest BCUT2D eigenvalue weighted by Gasteiger charge is -2.23. The third-order valence-electron chi connectivity index (χ3n) is 4.32. The van der Waals surface area contributed by atoms with Crippen LogP contribution in [0.4, 0.5) is 0 Å². The van der Waals surface area contributed by atoms with E-state index < -0.39 is 0 Å². The van der Waals surface area contributed by atoms with Gasteiger partial charge in [0, 0.05) is 30.4 Å². The SMILES string of the molecule is O=C(CSc1ccncc1)N(CCCc1ccccc1)Cc1ccccc1. The largest absolute Gasteiger partial charge is 0.338 e. The average Bonchev–Trinajstić information content (AvgIpc) is 2.73. The van der Waals surface area contributed by atoms with Gasteiger partial charge in [-0.05, 0) is 36.1 Å². The van der Waals surface area contributed by atoms with Crippen molar-refractivity contribution in [2.75, 3.05) is 12.3 Å². The maximum absolute atomic E-state index is 12.9. The number of aryl methyl sites for hydroxylation is 1. The Bertz CT molecular complexity index is 810. The number of carbonyl (C=O) groups excluding carboxylic acids is 1. The summed E-state index contributed by atoms with van der Waals surface area (Å²) >= 11 is 1.57. The molecule has 3 rings (SSSR count). The summed E-state index contributed by atoms with van der Waals surface area (Å²) in [5, 5.41) is 0. The van der Waals surface area contributed by atoms with E-state index in [9.17, 15) is 4.79 Å². The molecule has 1 heterocycles. The molecule has 0 bridgehead atoms. The Morgan fingerprint density at radius 2 is 1.48 bits per heavy atom. The summed E-state index contributed by atoms with van der Waals surface area (Å²) < 4.78 is 0. The van der Waals surface area contributed by atoms with Gasteiger partial charge in [-0.25, -0.2) is 0 Å². The lowest BCUT2D eigenvalue weighted by molar-refractivity contribution is -0.129. The fourth-order valence-electron chi connectivity index (χ4n) is 2.89. The van der Waals surface area contributed by atoms with Crippen molar-refractivity contribution in [3.05, 3.63) is 96.3 Å². The zero-order valence-electron chi connectivity index (χ0n) is 15.3. The Morgan fingerprint density at radius 3 is 2.15 bits per heavy atom. The number of thioether (sulfide) groups is 1. The van der Waals surface area contributed by atoms with Gasteiger partial charge in [0.1, 0.15) is 0 Å². The lowest BCUT2D eigenvalue weighted by Crippen LogP contribution is -2.33. The minimum absolute atomic E-state index is 0.175. The van der Waals surface area contributed by atoms with E-state index in [2.05, 4.69) is 41.4 Å². The topological polar surface area (TPSA) is 33.2 Å². The van der Waals surface area contributed by atoms with E-state index in [1.807, 2.05) is 41.3 Å². The predicted octanol–water partition coefficient (Wildman–Crippen LogP) is 4.84. The molecule has 3 nitrogen and oxygen atoms in total. The van der Waals surface area contributed by atoms with Gasteiger partial charge in [0.05, 0.1) is 5.75 Å². The number of hydrogen-bond donors (Lipinski definition) is 0. The Kier molecular flexibility index (Phi) is 7.48. The molecule has 4 heteroatoms. The molecule has 0 unspecified atom stereocenters. The second-order valence-electron chi connectivity index (χ2n) is 6.36. The lowest BCUT2D eigenvalue weighted by atomic mass is 10.1. The van der Waals surface area contributed by atoms with Crippen LogP contribution in [-0.4, -0.2) is 28.1 Å². The van der Waals surface area contributed by atoms with Crippen LogP contribution in [-0.2, 0) is 17.8 Å². The molecule has 3 aromatic rings. The van der Waals surface area contributed by atoms with E-state index in [4.69, 9.17) is 0 Å². The number of aromatic nitrogens is 1. The van der Waals surface area contributed by atoms with Gasteiger partial charge in [0.2, 0.25) is 5.91 Å². The van der Waals surface area contributed by atoms with Crippen molar-refractivity contribution >= 4 is 17.7 Å². The summed E-state index contributed by atoms with van der Waals surface area (Å²) in [5.74, 6) is 0.621. The molecule has 0 aliphatic carbocycles. The molecule has 27 heavy (non-hydrogen) atoms. The smallest absolute Gasteiger partial charge is 0.233 e. The fourth-order valence-corrected chi connectivity index (χ4v) is 3.67. The van der Waals surface area contributed by atoms with Crippen LogP contribution < -0.4 is 0 Å². The second-order valence-corrected chi connectivity index (χ2v) is 7.41. The highest BCUT2D eigenvalue weighted by Gasteiger charge is 2.14. The number of amides is 1. The zero-order valence-corrected chi connectivity index (χ0v) is 16.1. The van der Waals surface area contributed by atoms with E-state index in [0.717, 1.165) is 24.3 Å². The molecule has 0 fully saturated rings. The molecule has 0 aliphatic rings. The first-order valence-corrected chi connectivity index (χ1v) is 10.2. The van der Waals surface area contributed by atoms with E-state index in [0.29, 0.717) is 12.3 Å². The summed E-state index contributed by atoms with van der Waals surface area (Å²) in [6.07, 6.45) is 5.46. The molecule has 0 aliphatic heterocycles. The second kappa shape index (κ2) is 10.5. The van der Waals surface area contributed by atoms with Crippen molar-refractivity contribution in [3.63, 3.8) is 0 Å². The predicted molar refractivity (Wildman–Crippen MR) is 112 cm³/mol. The number of rotatable bonds is 9. The van der Waals surface area contributed by atoms with E-state index in [-0.39, 0.29) is 5.91 Å². The Hall–Kier alpha value is -2.59. The third kappa shape index (κ3) is 6.57. The molecule has 0 atom stereocenters. The van der Waals surface area contributed by atoms with Gasteiger partial charge >= 0.3 is 0 Å². The zero-order chi connectivity index (χ0) is 18.7. The molecule has 0 saturated heterocycles. The van der Waals surface area contributed by atoms with E-state index in [1.54, 1.807) is 24.2 Å². The van der Waals surface area contributed by atoms with Gasteiger partial charge in [-0.2, -0.15) is 0 Å². The van der Waals surface area contributed by atoms with Crippen LogP contribution in [0.5, 0.6) is 0 Å². The van der Waals surface area contributed by atoms with E-state index >= 15 is 0 Å². The minimum Gasteiger partial charge on any atom is -0.338 e. The van der Waals surface area contributed by atoms with Crippen LogP contribution in [0.3, 0.4) is 0 Å². The molecule has 1 aromatic heterocycles. The molecule has 0 radical (unpaired) electrons. The number of benzene rings is 2. The van der Waals surface area contributed by atoms with Crippen molar-refractivity contribution in [1.29, 1.82) is 0 Å². The fraction of sp³-hybridized carbons (Fsp3) is 0.217. The first-order chi connectivity index (χ1) is 13.3. The molecule has 0 spiro atoms. The van der Waals surface area contributed by atoms with Crippen LogP contribution in [0.15, 0.2) is 90.1 Å². The van der Waals surface area contributed by atoms with Crippen LogP contribution in [0, 0.1) is 0 Å². The quantitative estimate of drug-likeness (QED) is 0.501. The molecule has 1 amide bonds. The van der Waals surface area contributed by atoms with Crippen LogP contribution in [0.25, 0.3) is 0 Å². The average molecular weight is 377 g/mol. The normalized spacial score (nSPS) is 10.5. The summed E-state index contributed by atoms with van der Waals surface area (Å²) in [7, 11) is 0. The summed E-state index contributed by atoms with van der Waals surface area (Å²) in [6.45, 7) is 1.42. The van der Waals surface area contributed by atoms with Gasteiger partial charge in [-0.15, -0.1) is 11.8 Å². The van der Waals surface area contributed by atoms with Crippen LogP contribution in [0.2, 0.25) is 0 Å². The molecular formula is C23H24N2OS. The molecule has 138 valence electrons. The maximum Gasteiger partial charge on any atom is 0.233 e. The first-order valence-electron chi connectivity index (χ1n) is 9.20. The first kappa shape index (κ1) is 19.2. The standard InChI is InChI=1S/C23H24N2OS/c26-23(19-27-22-13-15-24-16-14-22)25(18-21-10-5-2-6-11-21)17-7-12-20-8-3-1-4-9-20/h1-6,8-11,13-16H,7,12,17-19H2. The Morgan fingerprint density at radius 1 is 0.852 bits per heavy atom. The molecule has 0 N–H and O–H groups in total. The Labute approximate surface area is 165 Å². The van der Waals surface area contributed by atoms with Gasteiger partial charge in [0.15, 0.2) is 0 Å². The summed E-state index contributed by atoms with van der Waals surface area (Å²) in [6, 6.07) is 24.5. The van der Waals surface area contributed by atoms with Crippen molar-refractivity contribution in [2.24, 2.45) is 0 Å². The number of nitrogens with zero attached hydrogens (tertiary/aromatic N) is 2. The van der Waals surface area contributed by atoms with Crippen LogP contribution >= 0.6 is 11.8 Å². The monoisotopic (exact) mass is 376 g/mol. The molecule has 0 saturated carbocycles. The minimum atomic E-state index is 0.175. The van der Waals surface area contributed by atoms with Gasteiger partial charge in [-0.1, -0.05) is 60.7 Å². The molecular weight excluding hydrogens is 352 g/mol. The number of hydrogen-bond acceptors (Lipinski definition) is 3. The van der Waals surface area contributed by atoms with Crippen molar-refractivity contribution < 1.29 is 4.79 Å². The van der Waals surface area contributed by atoms with Crippen molar-refractivity contribution in [2.45, 2.75) is 24.3 Å². The van der Waals surface area contributed by atoms with Crippen molar-refractivity contribution in [3.8, 4) is 0 Å². The van der Waals surface area contributed by atoms with Crippen molar-refractivity contribution in [1.82, 2.24) is 9.88 Å². The number of pyridine rings is 1. The summed E-state index contributed by atoms with van der Waals surface area (Å²) in [5.41, 5.74) is 2.48. The summed E-state index contributed by atoms with van der Waals surface area (Å²) in [4.78, 5) is 19.9. The Balaban J connectivity index is 1.58. The highest BCUT2D eigenvalue weighted by Crippen LogP contribution is 2.18. The third-order valence-corrected chi connectivity index (χ3v) is 5.31. The van der Waals surface area contributed by atoms with Gasteiger partial charge < -0.3 is 4.90 Å². The maximum atomic E-state index is 12.9.